The molecule has 2 aliphatic heterocycles. The van der Waals surface area contributed by atoms with Gasteiger partial charge in [-0.3, -0.25) is 4.79 Å². The summed E-state index contributed by atoms with van der Waals surface area (Å²) in [7, 11) is -7.08. The highest BCUT2D eigenvalue weighted by molar-refractivity contribution is 7.89. The normalized spacial score (nSPS) is 17.7. The summed E-state index contributed by atoms with van der Waals surface area (Å²) in [5.74, 6) is 0.0655. The van der Waals surface area contributed by atoms with Gasteiger partial charge in [0, 0.05) is 32.7 Å². The number of benzene rings is 2. The number of morpholine rings is 1. The molecule has 2 fully saturated rings. The Morgan fingerprint density at radius 3 is 2.11 bits per heavy atom. The van der Waals surface area contributed by atoms with Crippen LogP contribution >= 0.6 is 0 Å². The second kappa shape index (κ2) is 11.3. The molecule has 2 heterocycles. The van der Waals surface area contributed by atoms with Crippen molar-refractivity contribution in [3.05, 3.63) is 53.6 Å². The first-order valence-electron chi connectivity index (χ1n) is 11.8. The summed E-state index contributed by atoms with van der Waals surface area (Å²) < 4.78 is 64.6. The predicted molar refractivity (Wildman–Crippen MR) is 133 cm³/mol. The van der Waals surface area contributed by atoms with Crippen molar-refractivity contribution in [1.29, 1.82) is 0 Å². The van der Waals surface area contributed by atoms with Crippen LogP contribution in [0.15, 0.2) is 52.3 Å². The molecule has 4 rings (SSSR count). The Morgan fingerprint density at radius 1 is 0.889 bits per heavy atom. The Morgan fingerprint density at radius 2 is 1.47 bits per heavy atom. The van der Waals surface area contributed by atoms with Gasteiger partial charge in [0.05, 0.1) is 23.0 Å². The lowest BCUT2D eigenvalue weighted by molar-refractivity contribution is -0.123. The van der Waals surface area contributed by atoms with Gasteiger partial charge < -0.3 is 14.8 Å². The van der Waals surface area contributed by atoms with E-state index >= 15 is 0 Å². The van der Waals surface area contributed by atoms with Crippen molar-refractivity contribution < 1.29 is 31.1 Å². The minimum Gasteiger partial charge on any atom is -0.484 e. The first-order chi connectivity index (χ1) is 17.2. The standard InChI is InChI=1S/C24H31N3O7S2/c1-19-16-22(36(31,32)27-12-14-33-15-13-27)8-9-23(19)34-18-24(28)25-17-20-4-6-21(7-5-20)35(29,30)26-10-2-3-11-26/h4-9,16H,2-3,10-15,17-18H2,1H3,(H,25,28). The van der Waals surface area contributed by atoms with Gasteiger partial charge in [0.2, 0.25) is 20.0 Å². The van der Waals surface area contributed by atoms with Gasteiger partial charge in [-0.05, 0) is 61.2 Å². The van der Waals surface area contributed by atoms with E-state index in [1.165, 1.54) is 20.7 Å². The van der Waals surface area contributed by atoms with E-state index in [0.717, 1.165) is 18.4 Å². The SMILES string of the molecule is Cc1cc(S(=O)(=O)N2CCOCC2)ccc1OCC(=O)NCc1ccc(S(=O)(=O)N2CCCC2)cc1. The van der Waals surface area contributed by atoms with Crippen molar-refractivity contribution in [2.75, 3.05) is 46.0 Å². The van der Waals surface area contributed by atoms with Crippen LogP contribution in [0.1, 0.15) is 24.0 Å². The summed E-state index contributed by atoms with van der Waals surface area (Å²) in [5, 5.41) is 2.74. The van der Waals surface area contributed by atoms with Crippen LogP contribution in [0.4, 0.5) is 0 Å². The Kier molecular flexibility index (Phi) is 8.30. The van der Waals surface area contributed by atoms with Crippen molar-refractivity contribution >= 4 is 26.0 Å². The van der Waals surface area contributed by atoms with E-state index in [-0.39, 0.29) is 28.8 Å². The first kappa shape index (κ1) is 26.6. The minimum absolute atomic E-state index is 0.175. The topological polar surface area (TPSA) is 122 Å². The van der Waals surface area contributed by atoms with Crippen molar-refractivity contribution in [1.82, 2.24) is 13.9 Å². The van der Waals surface area contributed by atoms with Crippen molar-refractivity contribution in [3.8, 4) is 5.75 Å². The molecule has 0 radical (unpaired) electrons. The van der Waals surface area contributed by atoms with Gasteiger partial charge in [-0.15, -0.1) is 0 Å². The Bertz CT molecular complexity index is 1280. The fraction of sp³-hybridized carbons (Fsp3) is 0.458. The summed E-state index contributed by atoms with van der Waals surface area (Å²) in [6, 6.07) is 11.0. The number of hydrogen-bond acceptors (Lipinski definition) is 7. The fourth-order valence-electron chi connectivity index (χ4n) is 4.13. The van der Waals surface area contributed by atoms with E-state index in [2.05, 4.69) is 5.32 Å². The molecule has 0 aromatic heterocycles. The summed E-state index contributed by atoms with van der Waals surface area (Å²) in [6.07, 6.45) is 1.76. The summed E-state index contributed by atoms with van der Waals surface area (Å²) >= 11 is 0. The molecule has 10 nitrogen and oxygen atoms in total. The highest BCUT2D eigenvalue weighted by atomic mass is 32.2. The smallest absolute Gasteiger partial charge is 0.258 e. The molecule has 12 heteroatoms. The molecular formula is C24H31N3O7S2. The number of aryl methyl sites for hydroxylation is 1. The van der Waals surface area contributed by atoms with E-state index in [0.29, 0.717) is 50.7 Å². The Labute approximate surface area is 212 Å². The lowest BCUT2D eigenvalue weighted by Gasteiger charge is -2.26. The number of ether oxygens (including phenoxy) is 2. The third-order valence-corrected chi connectivity index (χ3v) is 10.0. The van der Waals surface area contributed by atoms with Crippen molar-refractivity contribution in [2.24, 2.45) is 0 Å². The van der Waals surface area contributed by atoms with Crippen molar-refractivity contribution in [2.45, 2.75) is 36.1 Å². The molecule has 2 saturated heterocycles. The van der Waals surface area contributed by atoms with Gasteiger partial charge in [0.15, 0.2) is 6.61 Å². The van der Waals surface area contributed by atoms with Gasteiger partial charge in [0.25, 0.3) is 5.91 Å². The molecule has 1 N–H and O–H groups in total. The number of hydrogen-bond donors (Lipinski definition) is 1. The lowest BCUT2D eigenvalue weighted by Crippen LogP contribution is -2.40. The van der Waals surface area contributed by atoms with Crippen LogP contribution in [-0.4, -0.2) is 77.4 Å². The Hall–Kier alpha value is -2.51. The number of carbonyl (C=O) groups excluding carboxylic acids is 1. The van der Waals surface area contributed by atoms with Crippen LogP contribution < -0.4 is 10.1 Å². The van der Waals surface area contributed by atoms with Gasteiger partial charge in [-0.1, -0.05) is 12.1 Å². The molecule has 0 bridgehead atoms. The fourth-order valence-corrected chi connectivity index (χ4v) is 7.14. The van der Waals surface area contributed by atoms with E-state index in [1.54, 1.807) is 37.3 Å². The van der Waals surface area contributed by atoms with Crippen LogP contribution in [0, 0.1) is 6.92 Å². The average molecular weight is 538 g/mol. The zero-order valence-corrected chi connectivity index (χ0v) is 21.8. The van der Waals surface area contributed by atoms with E-state index < -0.39 is 20.0 Å². The highest BCUT2D eigenvalue weighted by Crippen LogP contribution is 2.25. The van der Waals surface area contributed by atoms with E-state index in [4.69, 9.17) is 9.47 Å². The van der Waals surface area contributed by atoms with Crippen LogP contribution in [0.2, 0.25) is 0 Å². The van der Waals surface area contributed by atoms with Gasteiger partial charge in [0.1, 0.15) is 5.75 Å². The van der Waals surface area contributed by atoms with E-state index in [9.17, 15) is 21.6 Å². The molecular weight excluding hydrogens is 506 g/mol. The number of sulfonamides is 2. The lowest BCUT2D eigenvalue weighted by atomic mass is 10.2. The number of carbonyl (C=O) groups is 1. The molecule has 0 atom stereocenters. The van der Waals surface area contributed by atoms with Crippen LogP contribution in [0.25, 0.3) is 0 Å². The molecule has 196 valence electrons. The molecule has 0 aliphatic carbocycles. The molecule has 2 aromatic rings. The van der Waals surface area contributed by atoms with Gasteiger partial charge in [-0.25, -0.2) is 16.8 Å². The maximum absolute atomic E-state index is 12.8. The van der Waals surface area contributed by atoms with Gasteiger partial charge >= 0.3 is 0 Å². The largest absolute Gasteiger partial charge is 0.484 e. The zero-order chi connectivity index (χ0) is 25.8. The molecule has 36 heavy (non-hydrogen) atoms. The Balaban J connectivity index is 1.28. The predicted octanol–water partition coefficient (Wildman–Crippen LogP) is 1.50. The molecule has 0 unspecified atom stereocenters. The molecule has 2 aromatic carbocycles. The van der Waals surface area contributed by atoms with Crippen LogP contribution in [-0.2, 0) is 36.1 Å². The van der Waals surface area contributed by atoms with E-state index in [1.807, 2.05) is 0 Å². The zero-order valence-electron chi connectivity index (χ0n) is 20.2. The second-order valence-electron chi connectivity index (χ2n) is 8.76. The monoisotopic (exact) mass is 537 g/mol. The maximum atomic E-state index is 12.8. The third-order valence-electron chi connectivity index (χ3n) is 6.23. The molecule has 1 amide bonds. The molecule has 0 saturated carbocycles. The second-order valence-corrected chi connectivity index (χ2v) is 12.6. The van der Waals surface area contributed by atoms with Gasteiger partial charge in [-0.2, -0.15) is 8.61 Å². The number of nitrogens with zero attached hydrogens (tertiary/aromatic N) is 2. The summed E-state index contributed by atoms with van der Waals surface area (Å²) in [4.78, 5) is 12.7. The number of nitrogens with one attached hydrogen (secondary N) is 1. The number of rotatable bonds is 9. The summed E-state index contributed by atoms with van der Waals surface area (Å²) in [5.41, 5.74) is 1.37. The number of amides is 1. The maximum Gasteiger partial charge on any atom is 0.258 e. The summed E-state index contributed by atoms with van der Waals surface area (Å²) in [6.45, 7) is 4.18. The first-order valence-corrected chi connectivity index (χ1v) is 14.7. The van der Waals surface area contributed by atoms with Crippen LogP contribution in [0.5, 0.6) is 5.75 Å². The van der Waals surface area contributed by atoms with Crippen molar-refractivity contribution in [3.63, 3.8) is 0 Å². The molecule has 2 aliphatic rings. The van der Waals surface area contributed by atoms with Crippen LogP contribution in [0.3, 0.4) is 0 Å². The average Bonchev–Trinajstić information content (AvgIpc) is 3.44. The third kappa shape index (κ3) is 6.06. The quantitative estimate of drug-likeness (QED) is 0.514. The highest BCUT2D eigenvalue weighted by Gasteiger charge is 2.28. The molecule has 0 spiro atoms. The minimum atomic E-state index is -3.61.